The molecule has 2 aromatic rings. The molecule has 0 radical (unpaired) electrons. The highest BCUT2D eigenvalue weighted by molar-refractivity contribution is 5.29. The second kappa shape index (κ2) is 6.57. The molecule has 1 aromatic carbocycles. The lowest BCUT2D eigenvalue weighted by Gasteiger charge is -2.12. The van der Waals surface area contributed by atoms with Crippen molar-refractivity contribution >= 4 is 0 Å². The zero-order valence-electron chi connectivity index (χ0n) is 12.7. The molecule has 0 bridgehead atoms. The highest BCUT2D eigenvalue weighted by Crippen LogP contribution is 2.18. The molecule has 0 fully saturated rings. The Hall–Kier alpha value is -1.81. The van der Waals surface area contributed by atoms with Gasteiger partial charge in [0.15, 0.2) is 0 Å². The number of ether oxygens (including phenoxy) is 1. The van der Waals surface area contributed by atoms with Gasteiger partial charge in [-0.1, -0.05) is 12.1 Å². The van der Waals surface area contributed by atoms with E-state index in [0.29, 0.717) is 12.6 Å². The Morgan fingerprint density at radius 1 is 1.30 bits per heavy atom. The topological polar surface area (TPSA) is 39.1 Å². The van der Waals surface area contributed by atoms with Gasteiger partial charge in [-0.15, -0.1) is 0 Å². The minimum Gasteiger partial charge on any atom is -0.487 e. The van der Waals surface area contributed by atoms with Gasteiger partial charge in [0.1, 0.15) is 12.4 Å². The first kappa shape index (κ1) is 14.6. The highest BCUT2D eigenvalue weighted by atomic mass is 16.5. The Bertz CT molecular complexity index is 545. The van der Waals surface area contributed by atoms with Crippen molar-refractivity contribution in [3.05, 3.63) is 47.3 Å². The van der Waals surface area contributed by atoms with E-state index in [1.54, 1.807) is 0 Å². The second-order valence-corrected chi connectivity index (χ2v) is 4.96. The molecule has 0 aliphatic carbocycles. The molecule has 1 N–H and O–H groups in total. The van der Waals surface area contributed by atoms with Crippen LogP contribution in [0.3, 0.4) is 0 Å². The molecule has 0 spiro atoms. The van der Waals surface area contributed by atoms with E-state index in [9.17, 15) is 0 Å². The summed E-state index contributed by atoms with van der Waals surface area (Å²) < 4.78 is 7.81. The number of hydrogen-bond acceptors (Lipinski definition) is 3. The van der Waals surface area contributed by atoms with E-state index in [2.05, 4.69) is 42.5 Å². The van der Waals surface area contributed by atoms with Crippen molar-refractivity contribution in [1.82, 2.24) is 15.1 Å². The average Bonchev–Trinajstić information content (AvgIpc) is 2.85. The predicted octanol–water partition coefficient (Wildman–Crippen LogP) is 3.07. The average molecular weight is 273 g/mol. The van der Waals surface area contributed by atoms with Crippen LogP contribution in [0.5, 0.6) is 5.75 Å². The van der Waals surface area contributed by atoms with Crippen molar-refractivity contribution in [3.63, 3.8) is 0 Å². The lowest BCUT2D eigenvalue weighted by molar-refractivity contribution is 0.292. The van der Waals surface area contributed by atoms with Gasteiger partial charge in [0.2, 0.25) is 0 Å². The van der Waals surface area contributed by atoms with Gasteiger partial charge in [-0.3, -0.25) is 4.68 Å². The van der Waals surface area contributed by atoms with E-state index in [1.807, 2.05) is 30.8 Å². The summed E-state index contributed by atoms with van der Waals surface area (Å²) in [5.74, 6) is 0.888. The Morgan fingerprint density at radius 2 is 2.00 bits per heavy atom. The third-order valence-electron chi connectivity index (χ3n) is 3.48. The summed E-state index contributed by atoms with van der Waals surface area (Å²) >= 11 is 0. The molecule has 0 aliphatic heterocycles. The Kier molecular flexibility index (Phi) is 4.79. The van der Waals surface area contributed by atoms with Crippen LogP contribution < -0.4 is 10.1 Å². The monoisotopic (exact) mass is 273 g/mol. The second-order valence-electron chi connectivity index (χ2n) is 4.96. The van der Waals surface area contributed by atoms with E-state index >= 15 is 0 Å². The van der Waals surface area contributed by atoms with Crippen molar-refractivity contribution in [2.24, 2.45) is 0 Å². The number of nitrogens with zero attached hydrogens (tertiary/aromatic N) is 2. The SMILES string of the molecule is CCn1nc(C)cc1COc1ccc(C(C)NC)cc1. The minimum absolute atomic E-state index is 0.355. The van der Waals surface area contributed by atoms with Gasteiger partial charge in [-0.25, -0.2) is 0 Å². The molecule has 4 heteroatoms. The molecule has 1 unspecified atom stereocenters. The van der Waals surface area contributed by atoms with Crippen LogP contribution >= 0.6 is 0 Å². The molecule has 2 rings (SSSR count). The molecule has 0 amide bonds. The van der Waals surface area contributed by atoms with E-state index in [0.717, 1.165) is 23.7 Å². The van der Waals surface area contributed by atoms with E-state index in [1.165, 1.54) is 5.56 Å². The van der Waals surface area contributed by atoms with Gasteiger partial charge in [-0.2, -0.15) is 5.10 Å². The third-order valence-corrected chi connectivity index (χ3v) is 3.48. The maximum absolute atomic E-state index is 5.84. The van der Waals surface area contributed by atoms with Crippen LogP contribution in [0.25, 0.3) is 0 Å². The fraction of sp³-hybridized carbons (Fsp3) is 0.438. The van der Waals surface area contributed by atoms with Crippen molar-refractivity contribution in [2.45, 2.75) is 40.0 Å². The summed E-state index contributed by atoms with van der Waals surface area (Å²) in [6.45, 7) is 7.65. The number of aryl methyl sites for hydroxylation is 2. The number of benzene rings is 1. The Labute approximate surface area is 120 Å². The molecule has 1 heterocycles. The maximum Gasteiger partial charge on any atom is 0.130 e. The quantitative estimate of drug-likeness (QED) is 0.879. The largest absolute Gasteiger partial charge is 0.487 e. The smallest absolute Gasteiger partial charge is 0.130 e. The fourth-order valence-corrected chi connectivity index (χ4v) is 2.17. The zero-order valence-corrected chi connectivity index (χ0v) is 12.7. The van der Waals surface area contributed by atoms with Crippen LogP contribution in [0, 0.1) is 6.92 Å². The number of nitrogens with one attached hydrogen (secondary N) is 1. The maximum atomic E-state index is 5.84. The molecule has 1 aromatic heterocycles. The van der Waals surface area contributed by atoms with E-state index in [-0.39, 0.29) is 0 Å². The lowest BCUT2D eigenvalue weighted by atomic mass is 10.1. The number of rotatable bonds is 6. The molecule has 1 atom stereocenters. The standard InChI is InChI=1S/C16H23N3O/c1-5-19-15(10-12(2)18-19)11-20-16-8-6-14(7-9-16)13(3)17-4/h6-10,13,17H,5,11H2,1-4H3. The lowest BCUT2D eigenvalue weighted by Crippen LogP contribution is -2.12. The molecule has 20 heavy (non-hydrogen) atoms. The van der Waals surface area contributed by atoms with Crippen LogP contribution in [0.15, 0.2) is 30.3 Å². The molecule has 0 saturated carbocycles. The normalized spacial score (nSPS) is 12.4. The summed E-state index contributed by atoms with van der Waals surface area (Å²) in [6.07, 6.45) is 0. The number of aromatic nitrogens is 2. The molecule has 0 saturated heterocycles. The third kappa shape index (κ3) is 3.39. The van der Waals surface area contributed by atoms with Gasteiger partial charge in [0.25, 0.3) is 0 Å². The summed E-state index contributed by atoms with van der Waals surface area (Å²) in [4.78, 5) is 0. The first-order valence-electron chi connectivity index (χ1n) is 7.07. The van der Waals surface area contributed by atoms with Crippen LogP contribution in [-0.4, -0.2) is 16.8 Å². The minimum atomic E-state index is 0.355. The summed E-state index contributed by atoms with van der Waals surface area (Å²) in [5.41, 5.74) is 3.40. The molecule has 108 valence electrons. The van der Waals surface area contributed by atoms with Crippen LogP contribution in [-0.2, 0) is 13.2 Å². The van der Waals surface area contributed by atoms with E-state index in [4.69, 9.17) is 4.74 Å². The molecular formula is C16H23N3O. The molecular weight excluding hydrogens is 250 g/mol. The van der Waals surface area contributed by atoms with Crippen LogP contribution in [0.2, 0.25) is 0 Å². The van der Waals surface area contributed by atoms with Crippen molar-refractivity contribution in [3.8, 4) is 5.75 Å². The Morgan fingerprint density at radius 3 is 2.60 bits per heavy atom. The zero-order chi connectivity index (χ0) is 14.5. The molecule has 0 aliphatic rings. The van der Waals surface area contributed by atoms with Crippen molar-refractivity contribution in [1.29, 1.82) is 0 Å². The fourth-order valence-electron chi connectivity index (χ4n) is 2.17. The Balaban J connectivity index is 2.00. The summed E-state index contributed by atoms with van der Waals surface area (Å²) in [6, 6.07) is 10.7. The van der Waals surface area contributed by atoms with Crippen LogP contribution in [0.4, 0.5) is 0 Å². The number of hydrogen-bond donors (Lipinski definition) is 1. The first-order chi connectivity index (χ1) is 9.63. The van der Waals surface area contributed by atoms with Gasteiger partial charge >= 0.3 is 0 Å². The van der Waals surface area contributed by atoms with Crippen molar-refractivity contribution < 1.29 is 4.74 Å². The molecule has 4 nitrogen and oxygen atoms in total. The van der Waals surface area contributed by atoms with Gasteiger partial charge in [0, 0.05) is 12.6 Å². The van der Waals surface area contributed by atoms with Gasteiger partial charge in [0.05, 0.1) is 11.4 Å². The van der Waals surface area contributed by atoms with Gasteiger partial charge < -0.3 is 10.1 Å². The first-order valence-corrected chi connectivity index (χ1v) is 7.07. The van der Waals surface area contributed by atoms with Crippen LogP contribution in [0.1, 0.15) is 36.8 Å². The predicted molar refractivity (Wildman–Crippen MR) is 80.9 cm³/mol. The van der Waals surface area contributed by atoms with Gasteiger partial charge in [-0.05, 0) is 51.6 Å². The summed E-state index contributed by atoms with van der Waals surface area (Å²) in [5, 5.41) is 7.64. The van der Waals surface area contributed by atoms with E-state index < -0.39 is 0 Å². The van der Waals surface area contributed by atoms with Crippen molar-refractivity contribution in [2.75, 3.05) is 7.05 Å². The highest BCUT2D eigenvalue weighted by Gasteiger charge is 2.06. The summed E-state index contributed by atoms with van der Waals surface area (Å²) in [7, 11) is 1.96.